The van der Waals surface area contributed by atoms with Crippen molar-refractivity contribution in [3.63, 3.8) is 0 Å². The highest BCUT2D eigenvalue weighted by Crippen LogP contribution is 2.35. The molecule has 4 nitrogen and oxygen atoms in total. The molecule has 0 saturated carbocycles. The van der Waals surface area contributed by atoms with E-state index in [1.165, 1.54) is 4.90 Å². The van der Waals surface area contributed by atoms with Crippen LogP contribution >= 0.6 is 11.8 Å². The minimum absolute atomic E-state index is 0.0851. The molecule has 5 heteroatoms. The molecule has 134 valence electrons. The lowest BCUT2D eigenvalue weighted by Gasteiger charge is -2.13. The number of phenols is 1. The molecule has 0 radical (unpaired) electrons. The number of thioether (sulfide) groups is 1. The highest BCUT2D eigenvalue weighted by molar-refractivity contribution is 8.18. The topological polar surface area (TPSA) is 57.6 Å². The number of benzene rings is 3. The average molecular weight is 375 g/mol. The first kappa shape index (κ1) is 17.4. The molecule has 0 aromatic heterocycles. The van der Waals surface area contributed by atoms with E-state index in [2.05, 4.69) is 0 Å². The molecule has 3 aromatic rings. The minimum Gasteiger partial charge on any atom is -0.507 e. The van der Waals surface area contributed by atoms with Crippen LogP contribution in [0.2, 0.25) is 0 Å². The zero-order chi connectivity index (χ0) is 19.0. The number of imide groups is 1. The van der Waals surface area contributed by atoms with E-state index in [1.54, 1.807) is 24.3 Å². The zero-order valence-corrected chi connectivity index (χ0v) is 15.5. The third-order valence-electron chi connectivity index (χ3n) is 4.50. The number of phenolic OH excluding ortho intramolecular Hbond substituents is 1. The van der Waals surface area contributed by atoms with Crippen LogP contribution in [0, 0.1) is 6.92 Å². The standard InChI is InChI=1S/C22H17NO3S/c1-14-6-9-19(24)18(10-14)12-20-21(25)23(22(26)27-20)13-15-7-8-16-4-2-3-5-17(16)11-15/h2-12,24H,13H2,1H3/b20-12-. The summed E-state index contributed by atoms with van der Waals surface area (Å²) in [6.45, 7) is 2.13. The van der Waals surface area contributed by atoms with Gasteiger partial charge < -0.3 is 5.11 Å². The van der Waals surface area contributed by atoms with E-state index in [9.17, 15) is 14.7 Å². The van der Waals surface area contributed by atoms with Gasteiger partial charge in [0.15, 0.2) is 0 Å². The van der Waals surface area contributed by atoms with Gasteiger partial charge in [0, 0.05) is 5.56 Å². The molecular formula is C22H17NO3S. The second kappa shape index (κ2) is 6.93. The Morgan fingerprint density at radius 2 is 1.78 bits per heavy atom. The summed E-state index contributed by atoms with van der Waals surface area (Å²) in [5.41, 5.74) is 2.40. The van der Waals surface area contributed by atoms with Gasteiger partial charge in [0.25, 0.3) is 11.1 Å². The Bertz CT molecular complexity index is 1100. The Morgan fingerprint density at radius 1 is 1.00 bits per heavy atom. The van der Waals surface area contributed by atoms with Crippen LogP contribution in [0.25, 0.3) is 16.8 Å². The molecule has 1 aliphatic rings. The molecule has 1 heterocycles. The maximum atomic E-state index is 12.7. The predicted octanol–water partition coefficient (Wildman–Crippen LogP) is 5.09. The molecule has 1 fully saturated rings. The number of hydrogen-bond donors (Lipinski definition) is 1. The number of fused-ring (bicyclic) bond motifs is 1. The Kier molecular flexibility index (Phi) is 4.46. The van der Waals surface area contributed by atoms with E-state index < -0.39 is 0 Å². The van der Waals surface area contributed by atoms with Gasteiger partial charge in [-0.05, 0) is 59.3 Å². The number of aromatic hydroxyl groups is 1. The van der Waals surface area contributed by atoms with Crippen LogP contribution in [0.5, 0.6) is 5.75 Å². The molecule has 0 aliphatic carbocycles. The van der Waals surface area contributed by atoms with E-state index in [-0.39, 0.29) is 23.4 Å². The van der Waals surface area contributed by atoms with E-state index in [0.29, 0.717) is 10.5 Å². The molecular weight excluding hydrogens is 358 g/mol. The summed E-state index contributed by atoms with van der Waals surface area (Å²) >= 11 is 0.901. The van der Waals surface area contributed by atoms with Gasteiger partial charge in [0.2, 0.25) is 0 Å². The summed E-state index contributed by atoms with van der Waals surface area (Å²) in [6, 6.07) is 19.0. The number of carbonyl (C=O) groups excluding carboxylic acids is 2. The first-order chi connectivity index (χ1) is 13.0. The zero-order valence-electron chi connectivity index (χ0n) is 14.7. The summed E-state index contributed by atoms with van der Waals surface area (Å²) in [5, 5.41) is 11.9. The molecule has 0 bridgehead atoms. The van der Waals surface area contributed by atoms with Crippen molar-refractivity contribution in [3.8, 4) is 5.75 Å². The fourth-order valence-corrected chi connectivity index (χ4v) is 3.92. The highest BCUT2D eigenvalue weighted by Gasteiger charge is 2.35. The van der Waals surface area contributed by atoms with Gasteiger partial charge >= 0.3 is 0 Å². The first-order valence-electron chi connectivity index (χ1n) is 8.54. The fourth-order valence-electron chi connectivity index (χ4n) is 3.09. The van der Waals surface area contributed by atoms with Crippen LogP contribution in [0.3, 0.4) is 0 Å². The van der Waals surface area contributed by atoms with Crippen molar-refractivity contribution in [2.75, 3.05) is 0 Å². The minimum atomic E-state index is -0.334. The Labute approximate surface area is 161 Å². The normalized spacial score (nSPS) is 15.9. The molecule has 0 unspecified atom stereocenters. The Balaban J connectivity index is 1.60. The number of aryl methyl sites for hydroxylation is 1. The van der Waals surface area contributed by atoms with Crippen molar-refractivity contribution >= 4 is 39.8 Å². The van der Waals surface area contributed by atoms with Crippen LogP contribution < -0.4 is 0 Å². The quantitative estimate of drug-likeness (QED) is 0.648. The lowest BCUT2D eigenvalue weighted by molar-refractivity contribution is -0.123. The van der Waals surface area contributed by atoms with Crippen LogP contribution in [0.15, 0.2) is 65.6 Å². The van der Waals surface area contributed by atoms with Gasteiger partial charge in [-0.25, -0.2) is 0 Å². The van der Waals surface area contributed by atoms with Gasteiger partial charge in [-0.15, -0.1) is 0 Å². The fraction of sp³-hybridized carbons (Fsp3) is 0.0909. The number of amides is 2. The van der Waals surface area contributed by atoms with Crippen molar-refractivity contribution in [1.82, 2.24) is 4.90 Å². The van der Waals surface area contributed by atoms with Crippen LogP contribution in [-0.4, -0.2) is 21.2 Å². The molecule has 1 N–H and O–H groups in total. The largest absolute Gasteiger partial charge is 0.507 e. The van der Waals surface area contributed by atoms with Crippen LogP contribution in [0.1, 0.15) is 16.7 Å². The van der Waals surface area contributed by atoms with Gasteiger partial charge in [-0.1, -0.05) is 48.0 Å². The molecule has 27 heavy (non-hydrogen) atoms. The van der Waals surface area contributed by atoms with E-state index >= 15 is 0 Å². The second-order valence-electron chi connectivity index (χ2n) is 6.51. The van der Waals surface area contributed by atoms with E-state index in [0.717, 1.165) is 33.7 Å². The third kappa shape index (κ3) is 3.46. The molecule has 1 aliphatic heterocycles. The SMILES string of the molecule is Cc1ccc(O)c(/C=C2\SC(=O)N(Cc3ccc4ccccc4c3)C2=O)c1. The smallest absolute Gasteiger partial charge is 0.293 e. The number of carbonyl (C=O) groups is 2. The van der Waals surface area contributed by atoms with Gasteiger partial charge in [0.05, 0.1) is 11.4 Å². The molecule has 4 rings (SSSR count). The summed E-state index contributed by atoms with van der Waals surface area (Å²) in [4.78, 5) is 26.7. The van der Waals surface area contributed by atoms with Crippen LogP contribution in [-0.2, 0) is 11.3 Å². The van der Waals surface area contributed by atoms with Crippen LogP contribution in [0.4, 0.5) is 4.79 Å². The number of hydrogen-bond acceptors (Lipinski definition) is 4. The highest BCUT2D eigenvalue weighted by atomic mass is 32.2. The first-order valence-corrected chi connectivity index (χ1v) is 9.35. The number of rotatable bonds is 3. The Morgan fingerprint density at radius 3 is 2.59 bits per heavy atom. The lowest BCUT2D eigenvalue weighted by atomic mass is 10.1. The molecule has 3 aromatic carbocycles. The lowest BCUT2D eigenvalue weighted by Crippen LogP contribution is -2.27. The van der Waals surface area contributed by atoms with E-state index in [4.69, 9.17) is 0 Å². The summed E-state index contributed by atoms with van der Waals surface area (Å²) in [7, 11) is 0. The summed E-state index contributed by atoms with van der Waals surface area (Å²) in [6.07, 6.45) is 1.58. The average Bonchev–Trinajstić information content (AvgIpc) is 2.92. The van der Waals surface area contributed by atoms with Gasteiger partial charge in [0.1, 0.15) is 5.75 Å². The summed E-state index contributed by atoms with van der Waals surface area (Å²) in [5.74, 6) is -0.249. The summed E-state index contributed by atoms with van der Waals surface area (Å²) < 4.78 is 0. The molecule has 2 amide bonds. The molecule has 0 atom stereocenters. The predicted molar refractivity (Wildman–Crippen MR) is 108 cm³/mol. The third-order valence-corrected chi connectivity index (χ3v) is 5.41. The van der Waals surface area contributed by atoms with Crippen molar-refractivity contribution in [1.29, 1.82) is 0 Å². The Hall–Kier alpha value is -3.05. The number of nitrogens with zero attached hydrogens (tertiary/aromatic N) is 1. The molecule has 1 saturated heterocycles. The van der Waals surface area contributed by atoms with Crippen molar-refractivity contribution in [2.45, 2.75) is 13.5 Å². The molecule has 0 spiro atoms. The maximum Gasteiger partial charge on any atom is 0.293 e. The van der Waals surface area contributed by atoms with E-state index in [1.807, 2.05) is 49.4 Å². The maximum absolute atomic E-state index is 12.7. The second-order valence-corrected chi connectivity index (χ2v) is 7.50. The van der Waals surface area contributed by atoms with Gasteiger partial charge in [-0.3, -0.25) is 14.5 Å². The van der Waals surface area contributed by atoms with Crippen molar-refractivity contribution < 1.29 is 14.7 Å². The van der Waals surface area contributed by atoms with Crippen molar-refractivity contribution in [3.05, 3.63) is 82.3 Å². The van der Waals surface area contributed by atoms with Gasteiger partial charge in [-0.2, -0.15) is 0 Å². The van der Waals surface area contributed by atoms with Crippen molar-refractivity contribution in [2.24, 2.45) is 0 Å². The monoisotopic (exact) mass is 375 g/mol.